The quantitative estimate of drug-likeness (QED) is 0.612. The van der Waals surface area contributed by atoms with Crippen LogP contribution in [0.2, 0.25) is 0 Å². The first kappa shape index (κ1) is 16.3. The van der Waals surface area contributed by atoms with Crippen molar-refractivity contribution in [2.75, 3.05) is 7.05 Å². The lowest BCUT2D eigenvalue weighted by atomic mass is 10.0. The number of amides is 1. The Morgan fingerprint density at radius 2 is 1.88 bits per heavy atom. The van der Waals surface area contributed by atoms with Gasteiger partial charge in [0.2, 0.25) is 0 Å². The summed E-state index contributed by atoms with van der Waals surface area (Å²) in [4.78, 5) is 19.7. The summed E-state index contributed by atoms with van der Waals surface area (Å²) in [6, 6.07) is 18.0. The van der Waals surface area contributed by atoms with E-state index in [4.69, 9.17) is 4.98 Å². The average Bonchev–Trinajstić information content (AvgIpc) is 3.47. The molecule has 1 aromatic heterocycles. The molecule has 0 atom stereocenters. The van der Waals surface area contributed by atoms with E-state index in [0.717, 1.165) is 32.2 Å². The van der Waals surface area contributed by atoms with Crippen LogP contribution in [0, 0.1) is 0 Å². The van der Waals surface area contributed by atoms with E-state index in [9.17, 15) is 4.79 Å². The predicted octanol–water partition coefficient (Wildman–Crippen LogP) is 5.15. The van der Waals surface area contributed by atoms with Crippen molar-refractivity contribution in [3.8, 4) is 0 Å². The summed E-state index contributed by atoms with van der Waals surface area (Å²) >= 11 is 3.44. The molecule has 0 unspecified atom stereocenters. The third-order valence-corrected chi connectivity index (χ3v) is 5.17. The highest BCUT2D eigenvalue weighted by atomic mass is 79.9. The van der Waals surface area contributed by atoms with Crippen molar-refractivity contribution in [2.24, 2.45) is 0 Å². The monoisotopic (exact) mass is 394 g/mol. The van der Waals surface area contributed by atoms with Crippen LogP contribution in [-0.4, -0.2) is 22.8 Å². The fourth-order valence-electron chi connectivity index (χ4n) is 3.10. The molecule has 1 aliphatic carbocycles. The molecule has 1 fully saturated rings. The van der Waals surface area contributed by atoms with Crippen LogP contribution in [0.25, 0.3) is 10.9 Å². The van der Waals surface area contributed by atoms with Gasteiger partial charge in [-0.2, -0.15) is 0 Å². The number of halogens is 1. The number of pyridine rings is 1. The van der Waals surface area contributed by atoms with Crippen molar-refractivity contribution in [1.29, 1.82) is 0 Å². The minimum absolute atomic E-state index is 0.0448. The maximum atomic E-state index is 13.1. The van der Waals surface area contributed by atoms with Gasteiger partial charge in [-0.15, -0.1) is 0 Å². The number of hydrogen-bond acceptors (Lipinski definition) is 2. The SMILES string of the molecule is CN(Cc1ccc(Br)cc1)C(=O)c1cc(C2CC2)nc2ccccc12. The highest BCUT2D eigenvalue weighted by Crippen LogP contribution is 2.40. The van der Waals surface area contributed by atoms with Crippen LogP contribution >= 0.6 is 15.9 Å². The molecule has 0 spiro atoms. The second-order valence-electron chi connectivity index (χ2n) is 6.67. The van der Waals surface area contributed by atoms with Gasteiger partial charge >= 0.3 is 0 Å². The number of fused-ring (bicyclic) bond motifs is 1. The molecule has 4 rings (SSSR count). The zero-order valence-electron chi connectivity index (χ0n) is 14.1. The lowest BCUT2D eigenvalue weighted by molar-refractivity contribution is 0.0787. The van der Waals surface area contributed by atoms with Gasteiger partial charge in [-0.3, -0.25) is 9.78 Å². The average molecular weight is 395 g/mol. The zero-order valence-corrected chi connectivity index (χ0v) is 15.7. The summed E-state index contributed by atoms with van der Waals surface area (Å²) < 4.78 is 1.04. The molecular weight excluding hydrogens is 376 g/mol. The number of nitrogens with zero attached hydrogens (tertiary/aromatic N) is 2. The van der Waals surface area contributed by atoms with Gasteiger partial charge in [0.25, 0.3) is 5.91 Å². The van der Waals surface area contributed by atoms with Crippen LogP contribution in [-0.2, 0) is 6.54 Å². The van der Waals surface area contributed by atoms with Crippen LogP contribution in [0.5, 0.6) is 0 Å². The molecule has 0 N–H and O–H groups in total. The molecule has 3 aromatic rings. The standard InChI is InChI=1S/C21H19BrN2O/c1-24(13-14-6-10-16(22)11-7-14)21(25)18-12-20(15-8-9-15)23-19-5-3-2-4-17(18)19/h2-7,10-12,15H,8-9,13H2,1H3. The van der Waals surface area contributed by atoms with E-state index < -0.39 is 0 Å². The lowest BCUT2D eigenvalue weighted by Gasteiger charge is -2.19. The van der Waals surface area contributed by atoms with Crippen LogP contribution in [0.1, 0.15) is 40.4 Å². The van der Waals surface area contributed by atoms with Gasteiger partial charge < -0.3 is 4.90 Å². The van der Waals surface area contributed by atoms with E-state index in [2.05, 4.69) is 15.9 Å². The van der Waals surface area contributed by atoms with Crippen LogP contribution in [0.15, 0.2) is 59.1 Å². The fourth-order valence-corrected chi connectivity index (χ4v) is 3.37. The Kier molecular flexibility index (Phi) is 4.30. The van der Waals surface area contributed by atoms with Crippen molar-refractivity contribution in [3.05, 3.63) is 75.9 Å². The van der Waals surface area contributed by atoms with Crippen LogP contribution in [0.3, 0.4) is 0 Å². The van der Waals surface area contributed by atoms with Gasteiger partial charge in [0.15, 0.2) is 0 Å². The fraction of sp³-hybridized carbons (Fsp3) is 0.238. The van der Waals surface area contributed by atoms with E-state index in [0.29, 0.717) is 12.5 Å². The highest BCUT2D eigenvalue weighted by molar-refractivity contribution is 9.10. The van der Waals surface area contributed by atoms with E-state index in [1.807, 2.05) is 61.6 Å². The Labute approximate surface area is 155 Å². The second kappa shape index (κ2) is 6.60. The lowest BCUT2D eigenvalue weighted by Crippen LogP contribution is -2.26. The van der Waals surface area contributed by atoms with Crippen LogP contribution < -0.4 is 0 Å². The van der Waals surface area contributed by atoms with Gasteiger partial charge in [0.05, 0.1) is 11.1 Å². The summed E-state index contributed by atoms with van der Waals surface area (Å²) in [6.07, 6.45) is 2.35. The van der Waals surface area contributed by atoms with Crippen molar-refractivity contribution in [3.63, 3.8) is 0 Å². The van der Waals surface area contributed by atoms with Gasteiger partial charge in [0, 0.05) is 35.1 Å². The number of carbonyl (C=O) groups is 1. The van der Waals surface area contributed by atoms with Crippen molar-refractivity contribution in [2.45, 2.75) is 25.3 Å². The minimum Gasteiger partial charge on any atom is -0.337 e. The maximum absolute atomic E-state index is 13.1. The number of benzene rings is 2. The molecule has 3 nitrogen and oxygen atoms in total. The number of aromatic nitrogens is 1. The molecule has 2 aromatic carbocycles. The van der Waals surface area contributed by atoms with Gasteiger partial charge in [0.1, 0.15) is 0 Å². The minimum atomic E-state index is 0.0448. The molecule has 0 aliphatic heterocycles. The molecule has 1 saturated carbocycles. The normalized spacial score (nSPS) is 13.8. The molecule has 0 radical (unpaired) electrons. The molecule has 126 valence electrons. The first-order chi connectivity index (χ1) is 12.1. The molecule has 0 saturated heterocycles. The summed E-state index contributed by atoms with van der Waals surface area (Å²) in [6.45, 7) is 0.585. The Hall–Kier alpha value is -2.20. The number of carbonyl (C=O) groups excluding carboxylic acids is 1. The van der Waals surface area contributed by atoms with E-state index in [1.54, 1.807) is 4.90 Å². The third kappa shape index (κ3) is 3.45. The molecule has 0 bridgehead atoms. The molecule has 25 heavy (non-hydrogen) atoms. The first-order valence-electron chi connectivity index (χ1n) is 8.51. The zero-order chi connectivity index (χ0) is 17.4. The highest BCUT2D eigenvalue weighted by Gasteiger charge is 2.27. The second-order valence-corrected chi connectivity index (χ2v) is 7.59. The molecule has 1 heterocycles. The Bertz CT molecular complexity index is 932. The number of para-hydroxylation sites is 1. The summed E-state index contributed by atoms with van der Waals surface area (Å²) in [7, 11) is 1.86. The Morgan fingerprint density at radius 3 is 2.60 bits per heavy atom. The largest absolute Gasteiger partial charge is 0.337 e. The Balaban J connectivity index is 1.67. The van der Waals surface area contributed by atoms with E-state index in [-0.39, 0.29) is 5.91 Å². The smallest absolute Gasteiger partial charge is 0.254 e. The number of rotatable bonds is 4. The molecule has 1 amide bonds. The number of hydrogen-bond donors (Lipinski definition) is 0. The first-order valence-corrected chi connectivity index (χ1v) is 9.31. The Morgan fingerprint density at radius 1 is 1.16 bits per heavy atom. The molecular formula is C21H19BrN2O. The van der Waals surface area contributed by atoms with Crippen LogP contribution in [0.4, 0.5) is 0 Å². The van der Waals surface area contributed by atoms with Gasteiger partial charge in [-0.25, -0.2) is 0 Å². The third-order valence-electron chi connectivity index (χ3n) is 4.64. The van der Waals surface area contributed by atoms with E-state index >= 15 is 0 Å². The van der Waals surface area contributed by atoms with E-state index in [1.165, 1.54) is 12.8 Å². The van der Waals surface area contributed by atoms with Crippen molar-refractivity contribution < 1.29 is 4.79 Å². The van der Waals surface area contributed by atoms with Crippen molar-refractivity contribution in [1.82, 2.24) is 9.88 Å². The summed E-state index contributed by atoms with van der Waals surface area (Å²) in [5.74, 6) is 0.566. The predicted molar refractivity (Wildman–Crippen MR) is 104 cm³/mol. The van der Waals surface area contributed by atoms with Gasteiger partial charge in [-0.1, -0.05) is 46.3 Å². The summed E-state index contributed by atoms with van der Waals surface area (Å²) in [5, 5.41) is 0.930. The summed E-state index contributed by atoms with van der Waals surface area (Å²) in [5.41, 5.74) is 3.83. The maximum Gasteiger partial charge on any atom is 0.254 e. The van der Waals surface area contributed by atoms with Gasteiger partial charge in [-0.05, 0) is 42.7 Å². The molecule has 4 heteroatoms. The topological polar surface area (TPSA) is 33.2 Å². The molecule has 1 aliphatic rings. The van der Waals surface area contributed by atoms with Crippen molar-refractivity contribution >= 4 is 32.7 Å².